The van der Waals surface area contributed by atoms with Crippen LogP contribution >= 0.6 is 11.3 Å². The highest BCUT2D eigenvalue weighted by atomic mass is 32.1. The van der Waals surface area contributed by atoms with Gasteiger partial charge in [-0.1, -0.05) is 31.1 Å². The van der Waals surface area contributed by atoms with Crippen molar-refractivity contribution in [3.05, 3.63) is 58.3 Å². The van der Waals surface area contributed by atoms with Crippen LogP contribution in [0.15, 0.2) is 47.9 Å². The Morgan fingerprint density at radius 2 is 2.08 bits per heavy atom. The fraction of sp³-hybridized carbons (Fsp3) is 0.444. The van der Waals surface area contributed by atoms with Gasteiger partial charge < -0.3 is 24.8 Å². The second-order valence-electron chi connectivity index (χ2n) is 9.98. The number of Topliss-reactive ketones (excluding diaryl/α,β-unsaturated/α-hetero) is 1. The van der Waals surface area contributed by atoms with Gasteiger partial charge in [-0.25, -0.2) is 0 Å². The molecule has 9 heteroatoms. The number of ether oxygens (including phenoxy) is 2. The summed E-state index contributed by atoms with van der Waals surface area (Å²) in [4.78, 5) is 44.0. The van der Waals surface area contributed by atoms with Crippen LogP contribution in [0.2, 0.25) is 0 Å². The lowest BCUT2D eigenvalue weighted by atomic mass is 9.72. The van der Waals surface area contributed by atoms with Gasteiger partial charge in [-0.15, -0.1) is 11.3 Å². The lowest BCUT2D eigenvalue weighted by Crippen LogP contribution is -2.55. The molecule has 2 bridgehead atoms. The molecule has 4 heterocycles. The van der Waals surface area contributed by atoms with Gasteiger partial charge in [-0.3, -0.25) is 14.4 Å². The smallest absolute Gasteiger partial charge is 0.246 e. The molecule has 0 unspecified atom stereocenters. The number of likely N-dealkylation sites (tertiary alicyclic amines) is 1. The molecule has 2 N–H and O–H groups in total. The Kier molecular flexibility index (Phi) is 5.64. The lowest BCUT2D eigenvalue weighted by Gasteiger charge is -2.32. The number of rotatable bonds is 7. The van der Waals surface area contributed by atoms with Crippen molar-refractivity contribution < 1.29 is 29.0 Å². The van der Waals surface area contributed by atoms with E-state index in [4.69, 9.17) is 9.47 Å². The van der Waals surface area contributed by atoms with E-state index in [0.29, 0.717) is 5.75 Å². The summed E-state index contributed by atoms with van der Waals surface area (Å²) in [6.07, 6.45) is 6.94. The average molecular weight is 509 g/mol. The monoisotopic (exact) mass is 508 g/mol. The van der Waals surface area contributed by atoms with Crippen molar-refractivity contribution in [3.63, 3.8) is 0 Å². The summed E-state index contributed by atoms with van der Waals surface area (Å²) >= 11 is 1.52. The molecule has 4 aliphatic rings. The predicted octanol–water partition coefficient (Wildman–Crippen LogP) is 3.05. The summed E-state index contributed by atoms with van der Waals surface area (Å²) < 4.78 is 11.5. The van der Waals surface area contributed by atoms with Gasteiger partial charge >= 0.3 is 0 Å². The number of amides is 2. The zero-order valence-corrected chi connectivity index (χ0v) is 20.7. The zero-order valence-electron chi connectivity index (χ0n) is 19.9. The summed E-state index contributed by atoms with van der Waals surface area (Å²) in [5, 5.41) is 15.6. The first kappa shape index (κ1) is 23.2. The Bertz CT molecular complexity index is 1240. The van der Waals surface area contributed by atoms with Gasteiger partial charge in [-0.2, -0.15) is 0 Å². The van der Waals surface area contributed by atoms with E-state index in [1.54, 1.807) is 17.0 Å². The first-order valence-electron chi connectivity index (χ1n) is 12.3. The molecular formula is C27H28N2O6S. The van der Waals surface area contributed by atoms with E-state index >= 15 is 0 Å². The Labute approximate surface area is 212 Å². The van der Waals surface area contributed by atoms with E-state index in [2.05, 4.69) is 5.32 Å². The lowest BCUT2D eigenvalue weighted by molar-refractivity contribution is -0.140. The van der Waals surface area contributed by atoms with Gasteiger partial charge in [0, 0.05) is 17.0 Å². The number of methoxy groups -OCH3 is 1. The molecule has 1 saturated carbocycles. The molecule has 2 saturated heterocycles. The molecule has 2 amide bonds. The molecule has 1 spiro atoms. The van der Waals surface area contributed by atoms with Crippen LogP contribution in [-0.4, -0.2) is 58.5 Å². The van der Waals surface area contributed by atoms with Crippen LogP contribution in [0.25, 0.3) is 0 Å². The summed E-state index contributed by atoms with van der Waals surface area (Å²) in [6, 6.07) is 7.54. The minimum atomic E-state index is -1.22. The quantitative estimate of drug-likeness (QED) is 0.440. The van der Waals surface area contributed by atoms with Crippen LogP contribution in [0.5, 0.6) is 11.5 Å². The van der Waals surface area contributed by atoms with E-state index < -0.39 is 29.6 Å². The van der Waals surface area contributed by atoms with E-state index in [0.717, 1.165) is 30.6 Å². The minimum absolute atomic E-state index is 0.0860. The number of hydrogen-bond acceptors (Lipinski definition) is 7. The first-order valence-corrected chi connectivity index (χ1v) is 13.2. The number of hydrogen-bond donors (Lipinski definition) is 2. The molecule has 1 aromatic heterocycles. The Morgan fingerprint density at radius 1 is 1.28 bits per heavy atom. The van der Waals surface area contributed by atoms with Crippen LogP contribution in [0, 0.1) is 11.8 Å². The molecule has 0 radical (unpaired) electrons. The van der Waals surface area contributed by atoms with E-state index in [1.807, 2.05) is 23.6 Å². The molecule has 3 fully saturated rings. The van der Waals surface area contributed by atoms with Crippen LogP contribution in [0.4, 0.5) is 0 Å². The molecular weight excluding hydrogens is 480 g/mol. The Hall–Kier alpha value is -3.17. The van der Waals surface area contributed by atoms with Crippen LogP contribution < -0.4 is 10.1 Å². The van der Waals surface area contributed by atoms with Gasteiger partial charge in [0.2, 0.25) is 11.8 Å². The molecule has 5 atom stereocenters. The van der Waals surface area contributed by atoms with Crippen LogP contribution in [-0.2, 0) is 20.9 Å². The fourth-order valence-electron chi connectivity index (χ4n) is 6.38. The topological polar surface area (TPSA) is 105 Å². The molecule has 1 aliphatic carbocycles. The first-order chi connectivity index (χ1) is 17.4. The largest absolute Gasteiger partial charge is 0.507 e. The molecule has 8 nitrogen and oxygen atoms in total. The second kappa shape index (κ2) is 8.74. The molecule has 1 aromatic carbocycles. The number of fused-ring (bicyclic) bond motifs is 1. The molecule has 188 valence electrons. The highest BCUT2D eigenvalue weighted by molar-refractivity contribution is 7.09. The van der Waals surface area contributed by atoms with Gasteiger partial charge in [0.15, 0.2) is 5.78 Å². The summed E-state index contributed by atoms with van der Waals surface area (Å²) in [6.45, 7) is 0.272. The van der Waals surface area contributed by atoms with Gasteiger partial charge in [0.05, 0.1) is 37.2 Å². The number of aromatic hydroxyl groups is 1. The number of nitrogens with one attached hydrogen (secondary N) is 1. The van der Waals surface area contributed by atoms with E-state index in [-0.39, 0.29) is 41.5 Å². The Morgan fingerprint density at radius 3 is 2.78 bits per heavy atom. The third-order valence-corrected chi connectivity index (χ3v) is 8.86. The maximum Gasteiger partial charge on any atom is 0.246 e. The van der Waals surface area contributed by atoms with Crippen molar-refractivity contribution in [1.82, 2.24) is 10.2 Å². The number of carbonyl (C=O) groups excluding carboxylic acids is 3. The maximum atomic E-state index is 14.0. The van der Waals surface area contributed by atoms with Crippen molar-refractivity contribution in [1.29, 1.82) is 0 Å². The van der Waals surface area contributed by atoms with Crippen molar-refractivity contribution in [3.8, 4) is 11.5 Å². The number of carbonyl (C=O) groups is 3. The fourth-order valence-corrected chi connectivity index (χ4v) is 7.09. The second-order valence-corrected chi connectivity index (χ2v) is 11.0. The third kappa shape index (κ3) is 3.48. The number of phenolic OH excluding ortho intramolecular Hbond substituents is 1. The Balaban J connectivity index is 1.37. The highest BCUT2D eigenvalue weighted by Crippen LogP contribution is 2.56. The molecule has 36 heavy (non-hydrogen) atoms. The van der Waals surface area contributed by atoms with Gasteiger partial charge in [-0.05, 0) is 36.4 Å². The number of benzene rings is 1. The highest BCUT2D eigenvalue weighted by Gasteiger charge is 2.72. The van der Waals surface area contributed by atoms with Crippen molar-refractivity contribution in [2.75, 3.05) is 7.11 Å². The standard InChI is InChI=1S/C27H28N2O6S/c1-34-16-8-9-18(19(30)13-16)23(31)21-20-10-11-27(35-20)22(21)26(33)29(14-17-7-4-12-36-17)24(27)25(32)28-15-5-2-3-6-15/h4,7-13,15,20-22,24,30H,2-3,5-6,14H2,1H3,(H,28,32)/t20-,21-,22+,24-,27+/m0/s1. The summed E-state index contributed by atoms with van der Waals surface area (Å²) in [5.41, 5.74) is -1.11. The number of thiophene rings is 1. The maximum absolute atomic E-state index is 14.0. The number of ketones is 1. The van der Waals surface area contributed by atoms with Crippen LogP contribution in [0.3, 0.4) is 0 Å². The van der Waals surface area contributed by atoms with Crippen LogP contribution in [0.1, 0.15) is 40.9 Å². The number of nitrogens with zero attached hydrogens (tertiary/aromatic N) is 1. The minimum Gasteiger partial charge on any atom is -0.507 e. The normalized spacial score (nSPS) is 30.7. The average Bonchev–Trinajstić information content (AvgIpc) is 3.69. The van der Waals surface area contributed by atoms with Gasteiger partial charge in [0.1, 0.15) is 23.1 Å². The molecule has 6 rings (SSSR count). The van der Waals surface area contributed by atoms with Crippen molar-refractivity contribution in [2.45, 2.75) is 56.0 Å². The van der Waals surface area contributed by atoms with Crippen molar-refractivity contribution in [2.24, 2.45) is 11.8 Å². The number of phenols is 1. The SMILES string of the molecule is COc1ccc(C(=O)[C@H]2[C@@H]3C=C[C@]4(O3)[C@H](C(=O)NC3CCCC3)N(Cc3cccs3)C(=O)[C@@H]24)c(O)c1. The van der Waals surface area contributed by atoms with E-state index in [9.17, 15) is 19.5 Å². The van der Waals surface area contributed by atoms with E-state index in [1.165, 1.54) is 30.6 Å². The zero-order chi connectivity index (χ0) is 25.0. The predicted molar refractivity (Wildman–Crippen MR) is 132 cm³/mol. The molecule has 3 aliphatic heterocycles. The summed E-state index contributed by atoms with van der Waals surface area (Å²) in [7, 11) is 1.48. The molecule has 2 aromatic rings. The van der Waals surface area contributed by atoms with Gasteiger partial charge in [0.25, 0.3) is 0 Å². The van der Waals surface area contributed by atoms with Crippen molar-refractivity contribution >= 4 is 28.9 Å². The summed E-state index contributed by atoms with van der Waals surface area (Å²) in [5.74, 6) is -2.35. The third-order valence-electron chi connectivity index (χ3n) is 8.00.